The summed E-state index contributed by atoms with van der Waals surface area (Å²) in [6.07, 6.45) is -0.696. The molecular weight excluding hydrogens is 156 g/mol. The van der Waals surface area contributed by atoms with Crippen LogP contribution < -0.4 is 0 Å². The van der Waals surface area contributed by atoms with Crippen LogP contribution in [0.3, 0.4) is 0 Å². The van der Waals surface area contributed by atoms with Crippen molar-refractivity contribution in [1.29, 1.82) is 0 Å². The molecule has 4 nitrogen and oxygen atoms in total. The first-order valence-electron chi connectivity index (χ1n) is 3.37. The van der Waals surface area contributed by atoms with E-state index in [0.717, 1.165) is 0 Å². The molecule has 0 unspecified atom stereocenters. The molecule has 62 valence electrons. The molecule has 1 aromatic carbocycles. The first-order chi connectivity index (χ1) is 5.83. The summed E-state index contributed by atoms with van der Waals surface area (Å²) in [4.78, 5) is 10.5. The van der Waals surface area contributed by atoms with Crippen molar-refractivity contribution >= 4 is 11.8 Å². The van der Waals surface area contributed by atoms with Gasteiger partial charge >= 0.3 is 6.09 Å². The number of amides is 1. The van der Waals surface area contributed by atoms with Gasteiger partial charge in [-0.3, -0.25) is 0 Å². The second-order valence-corrected chi connectivity index (χ2v) is 2.01. The van der Waals surface area contributed by atoms with Gasteiger partial charge in [0.2, 0.25) is 0 Å². The Balaban J connectivity index is 2.64. The molecule has 0 atom stereocenters. The molecule has 0 N–H and O–H groups in total. The van der Waals surface area contributed by atoms with Crippen LogP contribution in [-0.2, 0) is 4.74 Å². The van der Waals surface area contributed by atoms with E-state index < -0.39 is 6.09 Å². The van der Waals surface area contributed by atoms with E-state index in [0.29, 0.717) is 5.69 Å². The number of hydrogen-bond acceptors (Lipinski definition) is 3. The monoisotopic (exact) mass is 164 g/mol. The minimum atomic E-state index is -0.696. The van der Waals surface area contributed by atoms with Crippen LogP contribution in [-0.4, -0.2) is 13.2 Å². The molecule has 0 saturated heterocycles. The third-order valence-corrected chi connectivity index (χ3v) is 1.18. The van der Waals surface area contributed by atoms with Crippen molar-refractivity contribution in [1.82, 2.24) is 0 Å². The van der Waals surface area contributed by atoms with Crippen LogP contribution >= 0.6 is 0 Å². The van der Waals surface area contributed by atoms with Crippen molar-refractivity contribution in [3.63, 3.8) is 0 Å². The van der Waals surface area contributed by atoms with Gasteiger partial charge in [-0.15, -0.1) is 5.11 Å². The fourth-order valence-electron chi connectivity index (χ4n) is 0.634. The summed E-state index contributed by atoms with van der Waals surface area (Å²) in [6, 6.07) is 8.97. The smallest absolute Gasteiger partial charge is 0.450 e. The van der Waals surface area contributed by atoms with E-state index in [4.69, 9.17) is 0 Å². The number of methoxy groups -OCH3 is 1. The Morgan fingerprint density at radius 3 is 2.58 bits per heavy atom. The molecule has 0 radical (unpaired) electrons. The van der Waals surface area contributed by atoms with E-state index in [1.54, 1.807) is 12.1 Å². The van der Waals surface area contributed by atoms with Gasteiger partial charge < -0.3 is 4.74 Å². The molecule has 0 heterocycles. The summed E-state index contributed by atoms with van der Waals surface area (Å²) < 4.78 is 4.27. The van der Waals surface area contributed by atoms with E-state index in [9.17, 15) is 4.79 Å². The number of hydrogen-bond donors (Lipinski definition) is 0. The van der Waals surface area contributed by atoms with Gasteiger partial charge in [-0.2, -0.15) is 0 Å². The predicted molar refractivity (Wildman–Crippen MR) is 43.4 cm³/mol. The van der Waals surface area contributed by atoms with Crippen LogP contribution in [0.25, 0.3) is 0 Å². The second-order valence-electron chi connectivity index (χ2n) is 2.01. The third-order valence-electron chi connectivity index (χ3n) is 1.18. The summed E-state index contributed by atoms with van der Waals surface area (Å²) in [6.45, 7) is 0. The lowest BCUT2D eigenvalue weighted by Crippen LogP contribution is -1.89. The maximum Gasteiger partial charge on any atom is 0.452 e. The Labute approximate surface area is 69.9 Å². The normalized spacial score (nSPS) is 10.1. The lowest BCUT2D eigenvalue weighted by molar-refractivity contribution is 0.181. The van der Waals surface area contributed by atoms with Gasteiger partial charge in [0, 0.05) is 0 Å². The van der Waals surface area contributed by atoms with Crippen LogP contribution in [0.15, 0.2) is 40.6 Å². The van der Waals surface area contributed by atoms with Gasteiger partial charge in [-0.05, 0) is 12.1 Å². The fourth-order valence-corrected chi connectivity index (χ4v) is 0.634. The highest BCUT2D eigenvalue weighted by Crippen LogP contribution is 2.09. The SMILES string of the molecule is COC(=O)/N=N/c1ccccc1. The first kappa shape index (κ1) is 8.39. The Morgan fingerprint density at radius 2 is 2.00 bits per heavy atom. The Morgan fingerprint density at radius 1 is 1.33 bits per heavy atom. The minimum absolute atomic E-state index is 0.628. The van der Waals surface area contributed by atoms with Crippen molar-refractivity contribution < 1.29 is 9.53 Å². The topological polar surface area (TPSA) is 51.0 Å². The molecule has 0 saturated carbocycles. The number of azo groups is 1. The van der Waals surface area contributed by atoms with Crippen molar-refractivity contribution in [2.75, 3.05) is 7.11 Å². The summed E-state index contributed by atoms with van der Waals surface area (Å²) in [5.41, 5.74) is 0.628. The van der Waals surface area contributed by atoms with Gasteiger partial charge in [-0.1, -0.05) is 23.3 Å². The van der Waals surface area contributed by atoms with Gasteiger partial charge in [0.1, 0.15) is 0 Å². The van der Waals surface area contributed by atoms with E-state index in [-0.39, 0.29) is 0 Å². The van der Waals surface area contributed by atoms with E-state index in [1.807, 2.05) is 18.2 Å². The maximum absolute atomic E-state index is 10.5. The first-order valence-corrected chi connectivity index (χ1v) is 3.37. The van der Waals surface area contributed by atoms with Crippen LogP contribution in [0, 0.1) is 0 Å². The lowest BCUT2D eigenvalue weighted by Gasteiger charge is -1.89. The van der Waals surface area contributed by atoms with Crippen molar-refractivity contribution in [3.8, 4) is 0 Å². The molecule has 0 spiro atoms. The number of nitrogens with zero attached hydrogens (tertiary/aromatic N) is 2. The molecule has 1 rings (SSSR count). The molecule has 0 aliphatic rings. The minimum Gasteiger partial charge on any atom is -0.450 e. The number of ether oxygens (including phenoxy) is 1. The van der Waals surface area contributed by atoms with Crippen LogP contribution in [0.5, 0.6) is 0 Å². The Hall–Kier alpha value is -1.71. The highest BCUT2D eigenvalue weighted by Gasteiger charge is 1.92. The molecule has 1 aromatic rings. The summed E-state index contributed by atoms with van der Waals surface area (Å²) in [7, 11) is 1.26. The van der Waals surface area contributed by atoms with E-state index >= 15 is 0 Å². The zero-order valence-electron chi connectivity index (χ0n) is 6.60. The molecule has 0 aliphatic carbocycles. The quantitative estimate of drug-likeness (QED) is 0.599. The standard InChI is InChI=1S/C8H8N2O2/c1-12-8(11)10-9-7-5-3-2-4-6-7/h2-6H,1H3/b10-9+. The highest BCUT2D eigenvalue weighted by atomic mass is 16.5. The van der Waals surface area contributed by atoms with E-state index in [2.05, 4.69) is 15.0 Å². The van der Waals surface area contributed by atoms with Crippen LogP contribution in [0.4, 0.5) is 10.5 Å². The largest absolute Gasteiger partial charge is 0.452 e. The summed E-state index contributed by atoms with van der Waals surface area (Å²) >= 11 is 0. The average molecular weight is 164 g/mol. The molecule has 1 amide bonds. The lowest BCUT2D eigenvalue weighted by atomic mass is 10.3. The fraction of sp³-hybridized carbons (Fsp3) is 0.125. The zero-order chi connectivity index (χ0) is 8.81. The molecule has 0 bridgehead atoms. The Bertz CT molecular complexity index is 282. The Kier molecular flexibility index (Phi) is 2.95. The van der Waals surface area contributed by atoms with Crippen molar-refractivity contribution in [3.05, 3.63) is 30.3 Å². The number of rotatable bonds is 1. The van der Waals surface area contributed by atoms with Crippen molar-refractivity contribution in [2.24, 2.45) is 10.2 Å². The van der Waals surface area contributed by atoms with Crippen LogP contribution in [0.2, 0.25) is 0 Å². The van der Waals surface area contributed by atoms with Gasteiger partial charge in [0.05, 0.1) is 12.8 Å². The molecule has 0 aliphatic heterocycles. The molecule has 12 heavy (non-hydrogen) atoms. The maximum atomic E-state index is 10.5. The van der Waals surface area contributed by atoms with Crippen molar-refractivity contribution in [2.45, 2.75) is 0 Å². The number of carbonyl (C=O) groups excluding carboxylic acids is 1. The molecule has 0 fully saturated rings. The summed E-state index contributed by atoms with van der Waals surface area (Å²) in [5, 5.41) is 6.90. The predicted octanol–water partition coefficient (Wildman–Crippen LogP) is 2.54. The molecular formula is C8H8N2O2. The number of benzene rings is 1. The average Bonchev–Trinajstić information content (AvgIpc) is 2.16. The van der Waals surface area contributed by atoms with Gasteiger partial charge in [0.15, 0.2) is 0 Å². The second kappa shape index (κ2) is 4.23. The summed E-state index contributed by atoms with van der Waals surface area (Å²) in [5.74, 6) is 0. The van der Waals surface area contributed by atoms with E-state index in [1.165, 1.54) is 7.11 Å². The number of carbonyl (C=O) groups is 1. The zero-order valence-corrected chi connectivity index (χ0v) is 6.60. The third kappa shape index (κ3) is 2.49. The molecule has 4 heteroatoms. The van der Waals surface area contributed by atoms with Gasteiger partial charge in [0.25, 0.3) is 0 Å². The van der Waals surface area contributed by atoms with Crippen LogP contribution in [0.1, 0.15) is 0 Å². The van der Waals surface area contributed by atoms with Gasteiger partial charge in [-0.25, -0.2) is 4.79 Å². The molecule has 0 aromatic heterocycles. The highest BCUT2D eigenvalue weighted by molar-refractivity contribution is 5.67.